The second-order valence-corrected chi connectivity index (χ2v) is 8.27. The molecule has 3 N–H and O–H groups in total. The van der Waals surface area contributed by atoms with Crippen molar-refractivity contribution in [2.45, 2.75) is 12.6 Å². The van der Waals surface area contributed by atoms with E-state index in [0.717, 1.165) is 0 Å². The number of carbonyl (C=O) groups excluding carboxylic acids is 1. The maximum absolute atomic E-state index is 13.7. The van der Waals surface area contributed by atoms with Crippen molar-refractivity contribution in [2.75, 3.05) is 20.8 Å². The molecule has 2 heterocycles. The number of ether oxygens (including phenoxy) is 1. The van der Waals surface area contributed by atoms with Crippen LogP contribution in [-0.4, -0.2) is 62.5 Å². The van der Waals surface area contributed by atoms with E-state index in [1.54, 1.807) is 42.5 Å². The molecule has 0 aliphatic rings. The van der Waals surface area contributed by atoms with E-state index in [9.17, 15) is 13.6 Å². The maximum atomic E-state index is 13.7. The first-order valence-corrected chi connectivity index (χ1v) is 11.3. The maximum Gasteiger partial charge on any atom is 0.333 e. The third kappa shape index (κ3) is 5.49. The smallest absolute Gasteiger partial charge is 0.333 e. The van der Waals surface area contributed by atoms with Crippen molar-refractivity contribution in [1.82, 2.24) is 29.9 Å². The van der Waals surface area contributed by atoms with Gasteiger partial charge in [0.05, 0.1) is 23.9 Å². The lowest BCUT2D eigenvalue weighted by Gasteiger charge is -2.31. The fourth-order valence-corrected chi connectivity index (χ4v) is 4.00. The molecule has 4 rings (SSSR count). The van der Waals surface area contributed by atoms with Gasteiger partial charge in [-0.05, 0) is 35.4 Å². The molecule has 0 fully saturated rings. The molecule has 0 radical (unpaired) electrons. The number of rotatable bonds is 8. The molecule has 10 nitrogen and oxygen atoms in total. The Labute approximate surface area is 215 Å². The lowest BCUT2D eigenvalue weighted by atomic mass is 10.0. The highest BCUT2D eigenvalue weighted by molar-refractivity contribution is 6.33. The average molecular weight is 529 g/mol. The van der Waals surface area contributed by atoms with Gasteiger partial charge in [-0.25, -0.2) is 9.67 Å². The summed E-state index contributed by atoms with van der Waals surface area (Å²) in [4.78, 5) is 23.2. The van der Waals surface area contributed by atoms with Crippen molar-refractivity contribution in [3.05, 3.63) is 77.3 Å². The van der Waals surface area contributed by atoms with E-state index in [1.165, 1.54) is 37.8 Å². The standard InChI is InChI=1S/C24H23ClF2N8O2/c1-29-24(28)35(20(12-37-2)16-7-8-19(25)18(9-16)21-30-13-31-33-21)22(36)15-5-3-14(4-6-15)17-10-32-34(11-17)23(26)27/h3-11,13,20,23H,12H2,1-2H3,(H2,28,29)(H,30,31,33). The minimum absolute atomic E-state index is 0.0227. The van der Waals surface area contributed by atoms with Crippen molar-refractivity contribution in [3.8, 4) is 22.5 Å². The fourth-order valence-electron chi connectivity index (χ4n) is 3.80. The van der Waals surface area contributed by atoms with Gasteiger partial charge in [-0.3, -0.25) is 19.8 Å². The average Bonchev–Trinajstić information content (AvgIpc) is 3.62. The summed E-state index contributed by atoms with van der Waals surface area (Å²) in [6.45, 7) is -2.64. The molecule has 1 atom stereocenters. The first-order chi connectivity index (χ1) is 17.8. The van der Waals surface area contributed by atoms with Gasteiger partial charge in [-0.1, -0.05) is 29.8 Å². The topological polar surface area (TPSA) is 127 Å². The number of nitrogens with zero attached hydrogens (tertiary/aromatic N) is 6. The van der Waals surface area contributed by atoms with Gasteiger partial charge in [0.1, 0.15) is 6.33 Å². The second kappa shape index (κ2) is 11.3. The summed E-state index contributed by atoms with van der Waals surface area (Å²) in [6, 6.07) is 11.0. The Morgan fingerprint density at radius 2 is 2.00 bits per heavy atom. The number of halogens is 3. The number of nitrogens with one attached hydrogen (secondary N) is 1. The van der Waals surface area contributed by atoms with Crippen LogP contribution in [0.15, 0.2) is 66.2 Å². The van der Waals surface area contributed by atoms with Crippen LogP contribution in [0.1, 0.15) is 28.5 Å². The van der Waals surface area contributed by atoms with Gasteiger partial charge in [-0.2, -0.15) is 19.0 Å². The van der Waals surface area contributed by atoms with E-state index in [4.69, 9.17) is 22.1 Å². The number of H-pyrrole nitrogens is 1. The van der Waals surface area contributed by atoms with Crippen LogP contribution < -0.4 is 5.73 Å². The summed E-state index contributed by atoms with van der Waals surface area (Å²) >= 11 is 6.39. The minimum Gasteiger partial charge on any atom is -0.382 e. The van der Waals surface area contributed by atoms with Crippen molar-refractivity contribution >= 4 is 23.5 Å². The van der Waals surface area contributed by atoms with Crippen LogP contribution in [0.25, 0.3) is 22.5 Å². The number of aromatic nitrogens is 5. The molecule has 1 amide bonds. The zero-order valence-corrected chi connectivity index (χ0v) is 20.6. The van der Waals surface area contributed by atoms with E-state index in [2.05, 4.69) is 25.3 Å². The molecule has 4 aromatic rings. The van der Waals surface area contributed by atoms with Gasteiger partial charge in [-0.15, -0.1) is 0 Å². The molecule has 2 aromatic heterocycles. The third-order valence-corrected chi connectivity index (χ3v) is 5.97. The molecular formula is C24H23ClF2N8O2. The predicted molar refractivity (Wildman–Crippen MR) is 134 cm³/mol. The SMILES string of the molecule is CN=C(N)N(C(=O)c1ccc(-c2cnn(C(F)F)c2)cc1)C(COC)c1ccc(Cl)c(-c2ncn[nH]2)c1. The van der Waals surface area contributed by atoms with Gasteiger partial charge >= 0.3 is 6.55 Å². The number of hydrogen-bond acceptors (Lipinski definition) is 6. The van der Waals surface area contributed by atoms with Gasteiger partial charge in [0.2, 0.25) is 0 Å². The van der Waals surface area contributed by atoms with Crippen LogP contribution in [0, 0.1) is 0 Å². The van der Waals surface area contributed by atoms with E-state index in [0.29, 0.717) is 43.3 Å². The van der Waals surface area contributed by atoms with Crippen molar-refractivity contribution in [2.24, 2.45) is 10.7 Å². The Kier molecular flexibility index (Phi) is 7.89. The van der Waals surface area contributed by atoms with Gasteiger partial charge in [0.15, 0.2) is 11.8 Å². The molecule has 0 bridgehead atoms. The summed E-state index contributed by atoms with van der Waals surface area (Å²) in [5.41, 5.74) is 8.88. The molecule has 37 heavy (non-hydrogen) atoms. The summed E-state index contributed by atoms with van der Waals surface area (Å²) < 4.78 is 31.7. The Morgan fingerprint density at radius 3 is 2.59 bits per heavy atom. The zero-order valence-electron chi connectivity index (χ0n) is 19.8. The number of benzene rings is 2. The number of hydrogen-bond donors (Lipinski definition) is 2. The van der Waals surface area contributed by atoms with Gasteiger partial charge < -0.3 is 10.5 Å². The largest absolute Gasteiger partial charge is 0.382 e. The van der Waals surface area contributed by atoms with Gasteiger partial charge in [0.25, 0.3) is 5.91 Å². The molecule has 0 saturated carbocycles. The monoisotopic (exact) mass is 528 g/mol. The molecule has 192 valence electrons. The molecule has 0 aliphatic carbocycles. The van der Waals surface area contributed by atoms with Crippen LogP contribution in [-0.2, 0) is 4.74 Å². The highest BCUT2D eigenvalue weighted by atomic mass is 35.5. The number of alkyl halides is 2. The normalized spacial score (nSPS) is 12.6. The molecule has 0 spiro atoms. The third-order valence-electron chi connectivity index (χ3n) is 5.64. The second-order valence-electron chi connectivity index (χ2n) is 7.87. The fraction of sp³-hybridized carbons (Fsp3) is 0.208. The van der Waals surface area contributed by atoms with E-state index in [-0.39, 0.29) is 12.6 Å². The lowest BCUT2D eigenvalue weighted by molar-refractivity contribution is 0.0566. The van der Waals surface area contributed by atoms with Crippen LogP contribution in [0.4, 0.5) is 8.78 Å². The Morgan fingerprint density at radius 1 is 1.24 bits per heavy atom. The van der Waals surface area contributed by atoms with Crippen LogP contribution in [0.2, 0.25) is 5.02 Å². The van der Waals surface area contributed by atoms with Crippen LogP contribution >= 0.6 is 11.6 Å². The predicted octanol–water partition coefficient (Wildman–Crippen LogP) is 4.16. The number of nitrogens with two attached hydrogens (primary N) is 1. The number of guanidine groups is 1. The molecule has 0 aliphatic heterocycles. The summed E-state index contributed by atoms with van der Waals surface area (Å²) in [5, 5.41) is 10.7. The summed E-state index contributed by atoms with van der Waals surface area (Å²) in [5.74, 6) is 0.00502. The number of aliphatic imine (C=N–C) groups is 1. The molecule has 13 heteroatoms. The van der Waals surface area contributed by atoms with Crippen molar-refractivity contribution < 1.29 is 18.3 Å². The van der Waals surface area contributed by atoms with Crippen LogP contribution in [0.5, 0.6) is 0 Å². The van der Waals surface area contributed by atoms with E-state index in [1.807, 2.05) is 0 Å². The lowest BCUT2D eigenvalue weighted by Crippen LogP contribution is -2.45. The zero-order chi connectivity index (χ0) is 26.5. The Balaban J connectivity index is 1.69. The van der Waals surface area contributed by atoms with Crippen molar-refractivity contribution in [3.63, 3.8) is 0 Å². The summed E-state index contributed by atoms with van der Waals surface area (Å²) in [6.07, 6.45) is 3.93. The molecular weight excluding hydrogens is 506 g/mol. The first-order valence-electron chi connectivity index (χ1n) is 11.0. The molecule has 2 aromatic carbocycles. The summed E-state index contributed by atoms with van der Waals surface area (Å²) in [7, 11) is 2.99. The van der Waals surface area contributed by atoms with E-state index < -0.39 is 18.5 Å². The number of aromatic amines is 1. The van der Waals surface area contributed by atoms with E-state index >= 15 is 0 Å². The number of methoxy groups -OCH3 is 1. The number of amides is 1. The first kappa shape index (κ1) is 25.9. The Bertz CT molecular complexity index is 1390. The number of carbonyl (C=O) groups is 1. The van der Waals surface area contributed by atoms with Crippen LogP contribution in [0.3, 0.4) is 0 Å². The quantitative estimate of drug-likeness (QED) is 0.261. The minimum atomic E-state index is -2.74. The van der Waals surface area contributed by atoms with Crippen molar-refractivity contribution in [1.29, 1.82) is 0 Å². The molecule has 0 saturated heterocycles. The molecule has 1 unspecified atom stereocenters. The Hall–Kier alpha value is -4.16. The highest BCUT2D eigenvalue weighted by Crippen LogP contribution is 2.32. The highest BCUT2D eigenvalue weighted by Gasteiger charge is 2.30. The van der Waals surface area contributed by atoms with Gasteiger partial charge in [0, 0.05) is 37.0 Å².